The summed E-state index contributed by atoms with van der Waals surface area (Å²) in [5.41, 5.74) is -0.142. The summed E-state index contributed by atoms with van der Waals surface area (Å²) in [5, 5.41) is 0. The molecular formula is C17H13ClF3NO4. The van der Waals surface area contributed by atoms with Gasteiger partial charge in [0.25, 0.3) is 0 Å². The fourth-order valence-corrected chi connectivity index (χ4v) is 2.18. The van der Waals surface area contributed by atoms with Gasteiger partial charge in [-0.1, -0.05) is 30.3 Å². The first-order chi connectivity index (χ1) is 12.4. The number of nitrogens with zero attached hydrogens (tertiary/aromatic N) is 1. The third-order valence-corrected chi connectivity index (χ3v) is 3.36. The van der Waals surface area contributed by atoms with E-state index in [0.29, 0.717) is 11.1 Å². The topological polar surface area (TPSA) is 57.7 Å². The van der Waals surface area contributed by atoms with E-state index in [9.17, 15) is 18.0 Å². The van der Waals surface area contributed by atoms with Crippen LogP contribution in [-0.2, 0) is 26.6 Å². The average molecular weight is 388 g/mol. The Kier molecular flexibility index (Phi) is 6.46. The Hall–Kier alpha value is -2.74. The van der Waals surface area contributed by atoms with E-state index in [1.807, 2.05) is 0 Å². The van der Waals surface area contributed by atoms with E-state index in [1.165, 1.54) is 19.2 Å². The molecule has 0 bridgehead atoms. The number of carbonyl (C=O) groups is 1. The van der Waals surface area contributed by atoms with Crippen LogP contribution in [0.25, 0.3) is 5.57 Å². The molecule has 0 N–H and O–H groups in total. The maximum absolute atomic E-state index is 12.7. The quantitative estimate of drug-likeness (QED) is 0.544. The monoisotopic (exact) mass is 387 g/mol. The van der Waals surface area contributed by atoms with Gasteiger partial charge in [-0.2, -0.15) is 13.2 Å². The van der Waals surface area contributed by atoms with Gasteiger partial charge < -0.3 is 13.8 Å². The lowest BCUT2D eigenvalue weighted by atomic mass is 10.0. The van der Waals surface area contributed by atoms with Gasteiger partial charge in [-0.25, -0.2) is 9.78 Å². The summed E-state index contributed by atoms with van der Waals surface area (Å²) in [7, 11) is 1.34. The third kappa shape index (κ3) is 4.89. The predicted octanol–water partition coefficient (Wildman–Crippen LogP) is 4.36. The number of carbonyl (C=O) groups excluding carboxylic acids is 1. The van der Waals surface area contributed by atoms with Gasteiger partial charge in [0, 0.05) is 6.07 Å². The van der Waals surface area contributed by atoms with E-state index in [-0.39, 0.29) is 18.1 Å². The molecule has 0 radical (unpaired) electrons. The van der Waals surface area contributed by atoms with Crippen molar-refractivity contribution in [2.75, 3.05) is 7.11 Å². The molecule has 9 heteroatoms. The standard InChI is InChI=1S/C17H13ClF3NO4/c1-24-10-13(16(23)26-18)12-6-3-2-5-11(12)9-25-15-8-4-7-14(22-15)17(19,20)21/h2-8,10H,9H2,1H3. The van der Waals surface area contributed by atoms with Crippen molar-refractivity contribution in [2.24, 2.45) is 0 Å². The van der Waals surface area contributed by atoms with Crippen molar-refractivity contribution in [1.29, 1.82) is 0 Å². The van der Waals surface area contributed by atoms with Gasteiger partial charge >= 0.3 is 12.1 Å². The summed E-state index contributed by atoms with van der Waals surface area (Å²) in [5.74, 6) is -1.05. The number of halogens is 4. The molecule has 0 aliphatic rings. The van der Waals surface area contributed by atoms with E-state index >= 15 is 0 Å². The summed E-state index contributed by atoms with van der Waals surface area (Å²) in [6.07, 6.45) is -3.43. The van der Waals surface area contributed by atoms with Crippen LogP contribution in [0, 0.1) is 0 Å². The number of ether oxygens (including phenoxy) is 2. The molecule has 0 aliphatic heterocycles. The number of pyridine rings is 1. The van der Waals surface area contributed by atoms with E-state index in [4.69, 9.17) is 21.3 Å². The largest absolute Gasteiger partial charge is 0.503 e. The highest BCUT2D eigenvalue weighted by molar-refractivity contribution is 6.25. The van der Waals surface area contributed by atoms with Crippen molar-refractivity contribution in [3.05, 3.63) is 65.5 Å². The number of methoxy groups -OCH3 is 1. The maximum atomic E-state index is 12.7. The van der Waals surface area contributed by atoms with Crippen LogP contribution in [0.4, 0.5) is 13.2 Å². The summed E-state index contributed by atoms with van der Waals surface area (Å²) in [4.78, 5) is 15.2. The van der Waals surface area contributed by atoms with E-state index in [2.05, 4.69) is 9.27 Å². The van der Waals surface area contributed by atoms with Crippen molar-refractivity contribution in [3.63, 3.8) is 0 Å². The lowest BCUT2D eigenvalue weighted by molar-refractivity contribution is -0.141. The summed E-state index contributed by atoms with van der Waals surface area (Å²) < 4.78 is 52.5. The highest BCUT2D eigenvalue weighted by Gasteiger charge is 2.32. The summed E-state index contributed by atoms with van der Waals surface area (Å²) in [6, 6.07) is 9.90. The molecule has 0 atom stereocenters. The maximum Gasteiger partial charge on any atom is 0.433 e. The number of rotatable bonds is 6. The molecule has 0 amide bonds. The predicted molar refractivity (Wildman–Crippen MR) is 86.9 cm³/mol. The normalized spacial score (nSPS) is 11.8. The van der Waals surface area contributed by atoms with Crippen LogP contribution < -0.4 is 4.74 Å². The Morgan fingerprint density at radius 1 is 1.19 bits per heavy atom. The molecular weight excluding hydrogens is 375 g/mol. The van der Waals surface area contributed by atoms with Crippen molar-refractivity contribution in [1.82, 2.24) is 4.98 Å². The minimum Gasteiger partial charge on any atom is -0.503 e. The molecule has 2 rings (SSSR count). The smallest absolute Gasteiger partial charge is 0.433 e. The molecule has 1 heterocycles. The first-order valence-electron chi connectivity index (χ1n) is 7.18. The number of hydrogen-bond donors (Lipinski definition) is 0. The minimum atomic E-state index is -4.57. The van der Waals surface area contributed by atoms with E-state index < -0.39 is 17.8 Å². The van der Waals surface area contributed by atoms with Gasteiger partial charge in [-0.15, -0.1) is 0 Å². The van der Waals surface area contributed by atoms with E-state index in [0.717, 1.165) is 12.3 Å². The molecule has 0 aliphatic carbocycles. The Bertz CT molecular complexity index is 809. The molecule has 0 saturated carbocycles. The average Bonchev–Trinajstić information content (AvgIpc) is 2.64. The number of hydrogen-bond acceptors (Lipinski definition) is 5. The highest BCUT2D eigenvalue weighted by atomic mass is 35.5. The van der Waals surface area contributed by atoms with Gasteiger partial charge in [0.05, 0.1) is 13.4 Å². The van der Waals surface area contributed by atoms with Crippen LogP contribution in [0.2, 0.25) is 0 Å². The van der Waals surface area contributed by atoms with Gasteiger partial charge in [0.15, 0.2) is 0 Å². The molecule has 1 aromatic heterocycles. The van der Waals surface area contributed by atoms with Crippen molar-refractivity contribution in [2.45, 2.75) is 12.8 Å². The zero-order valence-electron chi connectivity index (χ0n) is 13.4. The molecule has 5 nitrogen and oxygen atoms in total. The lowest BCUT2D eigenvalue weighted by Crippen LogP contribution is -2.10. The highest BCUT2D eigenvalue weighted by Crippen LogP contribution is 2.29. The van der Waals surface area contributed by atoms with Crippen LogP contribution in [0.1, 0.15) is 16.8 Å². The second kappa shape index (κ2) is 8.57. The molecule has 138 valence electrons. The van der Waals surface area contributed by atoms with Crippen LogP contribution in [-0.4, -0.2) is 18.1 Å². The number of benzene rings is 1. The lowest BCUT2D eigenvalue weighted by Gasteiger charge is -2.12. The van der Waals surface area contributed by atoms with Crippen molar-refractivity contribution in [3.8, 4) is 5.88 Å². The van der Waals surface area contributed by atoms with Crippen molar-refractivity contribution < 1.29 is 31.7 Å². The summed E-state index contributed by atoms with van der Waals surface area (Å²) >= 11 is 5.12. The fourth-order valence-electron chi connectivity index (χ4n) is 2.09. The van der Waals surface area contributed by atoms with Gasteiger partial charge in [0.2, 0.25) is 5.88 Å². The SMILES string of the molecule is COC=C(C(=O)OCl)c1ccccc1COc1cccc(C(F)(F)F)n1. The Morgan fingerprint density at radius 3 is 2.58 bits per heavy atom. The molecule has 1 aromatic carbocycles. The molecule has 26 heavy (non-hydrogen) atoms. The van der Waals surface area contributed by atoms with Crippen LogP contribution in [0.5, 0.6) is 5.88 Å². The zero-order chi connectivity index (χ0) is 19.2. The van der Waals surface area contributed by atoms with Crippen LogP contribution in [0.15, 0.2) is 48.7 Å². The third-order valence-electron chi connectivity index (χ3n) is 3.22. The number of alkyl halides is 3. The van der Waals surface area contributed by atoms with E-state index in [1.54, 1.807) is 24.3 Å². The molecule has 0 saturated heterocycles. The second-order valence-electron chi connectivity index (χ2n) is 4.94. The Morgan fingerprint density at radius 2 is 1.92 bits per heavy atom. The fraction of sp³-hybridized carbons (Fsp3) is 0.176. The van der Waals surface area contributed by atoms with Crippen molar-refractivity contribution >= 4 is 23.4 Å². The molecule has 0 spiro atoms. The molecule has 0 unspecified atom stereocenters. The number of aromatic nitrogens is 1. The molecule has 0 fully saturated rings. The van der Waals surface area contributed by atoms with Gasteiger partial charge in [-0.05, 0) is 17.2 Å². The zero-order valence-corrected chi connectivity index (χ0v) is 14.2. The first-order valence-corrected chi connectivity index (χ1v) is 7.49. The van der Waals surface area contributed by atoms with Gasteiger partial charge in [-0.3, -0.25) is 0 Å². The minimum absolute atomic E-state index is 0.0266. The van der Waals surface area contributed by atoms with Crippen LogP contribution in [0.3, 0.4) is 0 Å². The second-order valence-corrected chi connectivity index (χ2v) is 5.09. The van der Waals surface area contributed by atoms with Crippen LogP contribution >= 0.6 is 11.9 Å². The Labute approximate surface area is 152 Å². The molecule has 2 aromatic rings. The first kappa shape index (κ1) is 19.6. The van der Waals surface area contributed by atoms with Gasteiger partial charge in [0.1, 0.15) is 29.7 Å². The Balaban J connectivity index is 2.26. The summed E-state index contributed by atoms with van der Waals surface area (Å²) in [6.45, 7) is -0.138.